The number of halogens is 1. The van der Waals surface area contributed by atoms with Gasteiger partial charge in [-0.05, 0) is 43.0 Å². The average Bonchev–Trinajstić information content (AvgIpc) is 3.21. The summed E-state index contributed by atoms with van der Waals surface area (Å²) in [6, 6.07) is 6.59. The van der Waals surface area contributed by atoms with Crippen molar-refractivity contribution in [3.8, 4) is 0 Å². The molecule has 3 rings (SSSR count). The molecule has 1 aliphatic rings. The van der Waals surface area contributed by atoms with E-state index in [9.17, 15) is 9.18 Å². The van der Waals surface area contributed by atoms with Crippen LogP contribution >= 0.6 is 0 Å². The molecule has 2 aromatic rings. The molecule has 1 aliphatic carbocycles. The molecule has 0 amide bonds. The van der Waals surface area contributed by atoms with E-state index in [1.165, 1.54) is 16.8 Å². The molecule has 0 saturated heterocycles. The molecular weight excluding hydrogens is 257 g/mol. The molecule has 4 nitrogen and oxygen atoms in total. The highest BCUT2D eigenvalue weighted by molar-refractivity contribution is 5.41. The van der Waals surface area contributed by atoms with Crippen LogP contribution in [0, 0.1) is 12.7 Å². The Morgan fingerprint density at radius 2 is 2.20 bits per heavy atom. The highest BCUT2D eigenvalue weighted by Crippen LogP contribution is 2.23. The number of benzene rings is 1. The molecular formula is C15H16FN3O. The second kappa shape index (κ2) is 5.07. The SMILES string of the molecule is Cc1ccc(F)cc1Cn1ncc(NC2CC2)cc1=O. The maximum atomic E-state index is 13.2. The molecule has 0 bridgehead atoms. The molecule has 104 valence electrons. The second-order valence-electron chi connectivity index (χ2n) is 5.23. The third-order valence-corrected chi connectivity index (χ3v) is 3.45. The molecule has 1 aromatic heterocycles. The predicted molar refractivity (Wildman–Crippen MR) is 75.4 cm³/mol. The van der Waals surface area contributed by atoms with E-state index >= 15 is 0 Å². The topological polar surface area (TPSA) is 46.9 Å². The number of nitrogens with one attached hydrogen (secondary N) is 1. The Bertz CT molecular complexity index is 692. The molecule has 0 unspecified atom stereocenters. The van der Waals surface area contributed by atoms with Crippen LogP contribution < -0.4 is 10.9 Å². The highest BCUT2D eigenvalue weighted by atomic mass is 19.1. The van der Waals surface area contributed by atoms with Crippen molar-refractivity contribution in [3.63, 3.8) is 0 Å². The fourth-order valence-corrected chi connectivity index (χ4v) is 2.07. The first-order valence-corrected chi connectivity index (χ1v) is 6.70. The average molecular weight is 273 g/mol. The molecule has 20 heavy (non-hydrogen) atoms. The van der Waals surface area contributed by atoms with Crippen LogP contribution in [0.3, 0.4) is 0 Å². The van der Waals surface area contributed by atoms with Crippen LogP contribution in [-0.4, -0.2) is 15.8 Å². The molecule has 1 N–H and O–H groups in total. The third kappa shape index (κ3) is 2.87. The van der Waals surface area contributed by atoms with Gasteiger partial charge in [0.25, 0.3) is 5.56 Å². The van der Waals surface area contributed by atoms with Crippen LogP contribution in [0.15, 0.2) is 35.3 Å². The maximum absolute atomic E-state index is 13.2. The van der Waals surface area contributed by atoms with Gasteiger partial charge in [0.05, 0.1) is 18.4 Å². The number of nitrogens with zero attached hydrogens (tertiary/aromatic N) is 2. The smallest absolute Gasteiger partial charge is 0.269 e. The fourth-order valence-electron chi connectivity index (χ4n) is 2.07. The summed E-state index contributed by atoms with van der Waals surface area (Å²) in [4.78, 5) is 12.0. The number of aromatic nitrogens is 2. The van der Waals surface area contributed by atoms with E-state index in [0.717, 1.165) is 29.7 Å². The van der Waals surface area contributed by atoms with Crippen LogP contribution in [-0.2, 0) is 6.54 Å². The van der Waals surface area contributed by atoms with Gasteiger partial charge in [-0.1, -0.05) is 6.07 Å². The van der Waals surface area contributed by atoms with E-state index in [1.54, 1.807) is 18.3 Å². The van der Waals surface area contributed by atoms with Gasteiger partial charge < -0.3 is 5.32 Å². The van der Waals surface area contributed by atoms with Gasteiger partial charge in [0.2, 0.25) is 0 Å². The zero-order valence-electron chi connectivity index (χ0n) is 11.3. The summed E-state index contributed by atoms with van der Waals surface area (Å²) in [5.74, 6) is -0.300. The summed E-state index contributed by atoms with van der Waals surface area (Å²) in [6.07, 6.45) is 3.94. The Balaban J connectivity index is 1.83. The van der Waals surface area contributed by atoms with Crippen molar-refractivity contribution in [1.29, 1.82) is 0 Å². The summed E-state index contributed by atoms with van der Waals surface area (Å²) in [5.41, 5.74) is 2.28. The number of aryl methyl sites for hydroxylation is 1. The van der Waals surface area contributed by atoms with Gasteiger partial charge in [-0.2, -0.15) is 5.10 Å². The van der Waals surface area contributed by atoms with Crippen LogP contribution in [0.1, 0.15) is 24.0 Å². The van der Waals surface area contributed by atoms with Crippen molar-refractivity contribution in [3.05, 3.63) is 57.8 Å². The Morgan fingerprint density at radius 1 is 1.40 bits per heavy atom. The van der Waals surface area contributed by atoms with Crippen molar-refractivity contribution in [2.45, 2.75) is 32.4 Å². The largest absolute Gasteiger partial charge is 0.381 e. The Labute approximate surface area is 116 Å². The first-order chi connectivity index (χ1) is 9.61. The van der Waals surface area contributed by atoms with Crippen LogP contribution in [0.5, 0.6) is 0 Å². The van der Waals surface area contributed by atoms with Gasteiger partial charge in [0.15, 0.2) is 0 Å². The summed E-state index contributed by atoms with van der Waals surface area (Å²) in [5, 5.41) is 7.38. The molecule has 1 aromatic carbocycles. The number of hydrogen-bond acceptors (Lipinski definition) is 3. The highest BCUT2D eigenvalue weighted by Gasteiger charge is 2.21. The van der Waals surface area contributed by atoms with Gasteiger partial charge in [-0.15, -0.1) is 0 Å². The molecule has 1 fully saturated rings. The lowest BCUT2D eigenvalue weighted by molar-refractivity contribution is 0.609. The predicted octanol–water partition coefficient (Wildman–Crippen LogP) is 2.31. The summed E-state index contributed by atoms with van der Waals surface area (Å²) >= 11 is 0. The second-order valence-corrected chi connectivity index (χ2v) is 5.23. The van der Waals surface area contributed by atoms with E-state index < -0.39 is 0 Å². The molecule has 0 spiro atoms. The normalized spacial score (nSPS) is 14.3. The van der Waals surface area contributed by atoms with Gasteiger partial charge in [0.1, 0.15) is 5.82 Å². The standard InChI is InChI=1S/C15H16FN3O/c1-10-2-3-12(16)6-11(10)9-19-15(20)7-14(8-17-19)18-13-4-5-13/h2-3,6-8,13,18H,4-5,9H2,1H3. The monoisotopic (exact) mass is 273 g/mol. The van der Waals surface area contributed by atoms with Gasteiger partial charge >= 0.3 is 0 Å². The number of hydrogen-bond donors (Lipinski definition) is 1. The molecule has 5 heteroatoms. The lowest BCUT2D eigenvalue weighted by Crippen LogP contribution is -2.23. The van der Waals surface area contributed by atoms with Crippen LogP contribution in [0.25, 0.3) is 0 Å². The number of rotatable bonds is 4. The van der Waals surface area contributed by atoms with Gasteiger partial charge in [-0.25, -0.2) is 9.07 Å². The first-order valence-electron chi connectivity index (χ1n) is 6.70. The zero-order chi connectivity index (χ0) is 14.1. The zero-order valence-corrected chi connectivity index (χ0v) is 11.3. The Hall–Kier alpha value is -2.17. The third-order valence-electron chi connectivity index (χ3n) is 3.45. The molecule has 1 saturated carbocycles. The molecule has 1 heterocycles. The Morgan fingerprint density at radius 3 is 2.90 bits per heavy atom. The van der Waals surface area contributed by atoms with Crippen molar-refractivity contribution in [2.24, 2.45) is 0 Å². The molecule has 0 aliphatic heterocycles. The van der Waals surface area contributed by atoms with Crippen molar-refractivity contribution in [2.75, 3.05) is 5.32 Å². The fraction of sp³-hybridized carbons (Fsp3) is 0.333. The number of anilines is 1. The van der Waals surface area contributed by atoms with E-state index in [4.69, 9.17) is 0 Å². The minimum absolute atomic E-state index is 0.181. The quantitative estimate of drug-likeness (QED) is 0.930. The van der Waals surface area contributed by atoms with Gasteiger partial charge in [-0.3, -0.25) is 4.79 Å². The first kappa shape index (κ1) is 12.8. The molecule has 0 radical (unpaired) electrons. The minimum Gasteiger partial charge on any atom is -0.381 e. The van der Waals surface area contributed by atoms with Crippen molar-refractivity contribution in [1.82, 2.24) is 9.78 Å². The van der Waals surface area contributed by atoms with Crippen LogP contribution in [0.2, 0.25) is 0 Å². The van der Waals surface area contributed by atoms with Crippen molar-refractivity contribution >= 4 is 5.69 Å². The van der Waals surface area contributed by atoms with E-state index in [-0.39, 0.29) is 17.9 Å². The van der Waals surface area contributed by atoms with E-state index in [2.05, 4.69) is 10.4 Å². The van der Waals surface area contributed by atoms with Gasteiger partial charge in [0, 0.05) is 12.1 Å². The Kier molecular flexibility index (Phi) is 3.26. The van der Waals surface area contributed by atoms with Crippen LogP contribution in [0.4, 0.5) is 10.1 Å². The lowest BCUT2D eigenvalue weighted by Gasteiger charge is -2.09. The minimum atomic E-state index is -0.300. The van der Waals surface area contributed by atoms with Crippen molar-refractivity contribution < 1.29 is 4.39 Å². The lowest BCUT2D eigenvalue weighted by atomic mass is 10.1. The summed E-state index contributed by atoms with van der Waals surface area (Å²) in [7, 11) is 0. The van der Waals surface area contributed by atoms with E-state index in [1.807, 2.05) is 6.92 Å². The molecule has 0 atom stereocenters. The van der Waals surface area contributed by atoms with E-state index in [0.29, 0.717) is 6.04 Å². The summed E-state index contributed by atoms with van der Waals surface area (Å²) < 4.78 is 14.6. The maximum Gasteiger partial charge on any atom is 0.269 e. The summed E-state index contributed by atoms with van der Waals surface area (Å²) in [6.45, 7) is 2.18.